The van der Waals surface area contributed by atoms with Gasteiger partial charge in [0, 0.05) is 103 Å². The van der Waals surface area contributed by atoms with E-state index in [1.165, 1.54) is 48.2 Å². The number of nitrogens with one attached hydrogen (secondary N) is 3. The summed E-state index contributed by atoms with van der Waals surface area (Å²) in [6.45, 7) is 14.0. The molecule has 5 N–H and O–H groups in total. The molecular formula is C91H90BrClN11O20S+. The van der Waals surface area contributed by atoms with E-state index < -0.39 is 53.7 Å². The number of furan rings is 4. The summed E-state index contributed by atoms with van der Waals surface area (Å²) in [4.78, 5) is 140. The number of hydrogen-bond acceptors (Lipinski definition) is 25. The number of carbonyl (C=O) groups is 10. The Morgan fingerprint density at radius 2 is 1.40 bits per heavy atom. The number of aliphatic carboxylic acids is 1. The van der Waals surface area contributed by atoms with E-state index in [1.807, 2.05) is 56.5 Å². The number of aliphatic hydroxyl groups excluding tert-OH is 1. The number of anilines is 1. The first-order chi connectivity index (χ1) is 60.0. The van der Waals surface area contributed by atoms with Crippen LogP contribution in [0.5, 0.6) is 5.75 Å². The molecule has 4 aromatic carbocycles. The number of esters is 2. The van der Waals surface area contributed by atoms with Crippen molar-refractivity contribution in [2.75, 3.05) is 78.0 Å². The number of thioether (sulfide) groups is 1. The topological polar surface area (TPSA) is 424 Å². The predicted molar refractivity (Wildman–Crippen MR) is 468 cm³/mol. The van der Waals surface area contributed by atoms with Gasteiger partial charge in [-0.15, -0.1) is 0 Å². The quantitative estimate of drug-likeness (QED) is 0.0172. The summed E-state index contributed by atoms with van der Waals surface area (Å²) in [5.74, 6) is -0.484. The number of likely N-dealkylation sites (tertiary alicyclic amines) is 1. The fourth-order valence-electron chi connectivity index (χ4n) is 12.6. The lowest BCUT2D eigenvalue weighted by Gasteiger charge is -2.31. The number of hydrogen-bond donors (Lipinski definition) is 5. The third kappa shape index (κ3) is 24.7. The molecule has 0 saturated carbocycles. The molecule has 1 atom stereocenters. The highest BCUT2D eigenvalue weighted by Gasteiger charge is 2.36. The normalized spacial score (nSPS) is 14.2. The van der Waals surface area contributed by atoms with Crippen molar-refractivity contribution in [3.05, 3.63) is 246 Å². The smallest absolute Gasteiger partial charge is 0.477 e. The molecule has 34 heteroatoms. The molecule has 1 saturated heterocycles. The molecule has 125 heavy (non-hydrogen) atoms. The molecule has 0 aliphatic carbocycles. The lowest BCUT2D eigenvalue weighted by atomic mass is 9.94. The number of pyridine rings is 1. The van der Waals surface area contributed by atoms with E-state index in [4.69, 9.17) is 58.7 Å². The highest BCUT2D eigenvalue weighted by Crippen LogP contribution is 2.36. The van der Waals surface area contributed by atoms with Gasteiger partial charge in [-0.1, -0.05) is 64.8 Å². The largest absolute Gasteiger partial charge is 0.496 e. The van der Waals surface area contributed by atoms with Crippen LogP contribution < -0.4 is 30.3 Å². The van der Waals surface area contributed by atoms with E-state index >= 15 is 0 Å². The van der Waals surface area contributed by atoms with Gasteiger partial charge in [-0.2, -0.15) is 27.1 Å². The number of fused-ring (bicyclic) bond motifs is 3. The minimum atomic E-state index is -0.906. The van der Waals surface area contributed by atoms with Crippen molar-refractivity contribution in [3.8, 4) is 40.5 Å². The summed E-state index contributed by atoms with van der Waals surface area (Å²) in [5.41, 5.74) is 6.42. The minimum absolute atomic E-state index is 0.00518. The third-order valence-corrected chi connectivity index (χ3v) is 20.6. The molecule has 31 nitrogen and oxygen atoms in total. The van der Waals surface area contributed by atoms with Gasteiger partial charge in [0.05, 0.1) is 54.9 Å². The minimum Gasteiger partial charge on any atom is -0.496 e. The van der Waals surface area contributed by atoms with Crippen LogP contribution in [0.2, 0.25) is 5.02 Å². The molecule has 7 amide bonds. The third-order valence-electron chi connectivity index (χ3n) is 19.2. The molecule has 648 valence electrons. The van der Waals surface area contributed by atoms with Crippen LogP contribution in [0, 0.1) is 42.4 Å². The Morgan fingerprint density at radius 3 is 2.02 bits per heavy atom. The number of aromatic nitrogens is 3. The summed E-state index contributed by atoms with van der Waals surface area (Å²) >= 11 is 11.1. The van der Waals surface area contributed by atoms with Crippen molar-refractivity contribution in [3.63, 3.8) is 0 Å². The van der Waals surface area contributed by atoms with Crippen LogP contribution in [0.15, 0.2) is 213 Å². The van der Waals surface area contributed by atoms with E-state index in [9.17, 15) is 58.3 Å². The summed E-state index contributed by atoms with van der Waals surface area (Å²) in [6, 6.07) is 42.9. The van der Waals surface area contributed by atoms with Crippen LogP contribution in [-0.4, -0.2) is 173 Å². The zero-order valence-corrected chi connectivity index (χ0v) is 73.2. The van der Waals surface area contributed by atoms with Crippen LogP contribution >= 0.6 is 39.3 Å². The van der Waals surface area contributed by atoms with Crippen molar-refractivity contribution in [2.45, 2.75) is 80.2 Å². The molecule has 3 aliphatic rings. The molecule has 9 heterocycles. The van der Waals surface area contributed by atoms with Gasteiger partial charge in [-0.3, -0.25) is 39.0 Å². The number of rotatable bonds is 23. The number of halogens is 2. The number of nitriles is 2. The molecule has 1 fully saturated rings. The summed E-state index contributed by atoms with van der Waals surface area (Å²) in [5, 5.41) is 45.9. The van der Waals surface area contributed by atoms with Crippen molar-refractivity contribution in [1.82, 2.24) is 35.3 Å². The zero-order valence-electron chi connectivity index (χ0n) is 70.1. The first kappa shape index (κ1) is 94.9. The number of imide groups is 2. The number of para-hydroxylation sites is 1. The number of amides is 7. The van der Waals surface area contributed by atoms with Crippen LogP contribution in [0.1, 0.15) is 120 Å². The first-order valence-corrected chi connectivity index (χ1v) is 41.6. The molecule has 10 aromatic rings. The Balaban J connectivity index is 0.000000180. The maximum absolute atomic E-state index is 12.9. The summed E-state index contributed by atoms with van der Waals surface area (Å²) in [7, 11) is 4.87. The zero-order chi connectivity index (χ0) is 90.7. The van der Waals surface area contributed by atoms with E-state index in [-0.39, 0.29) is 94.3 Å². The second-order valence-electron chi connectivity index (χ2n) is 28.1. The molecule has 1 unspecified atom stereocenters. The van der Waals surface area contributed by atoms with Gasteiger partial charge in [-0.05, 0) is 192 Å². The highest BCUT2D eigenvalue weighted by atomic mass is 79.9. The van der Waals surface area contributed by atoms with E-state index in [0.29, 0.717) is 103 Å². The number of methoxy groups -OCH3 is 1. The van der Waals surface area contributed by atoms with Gasteiger partial charge in [0.15, 0.2) is 11.4 Å². The summed E-state index contributed by atoms with van der Waals surface area (Å²) in [6.07, 6.45) is 11.6. The Hall–Kier alpha value is -14.0. The molecule has 0 bridgehead atoms. The van der Waals surface area contributed by atoms with Gasteiger partial charge < -0.3 is 62.5 Å². The van der Waals surface area contributed by atoms with Crippen LogP contribution in [-0.2, 0) is 38.2 Å². The molecule has 3 aliphatic heterocycles. The molecular weight excluding hydrogens is 1710 g/mol. The molecule has 0 spiro atoms. The average Bonchev–Trinajstić information content (AvgIpc) is 1.43. The predicted octanol–water partition coefficient (Wildman–Crippen LogP) is 14.5. The van der Waals surface area contributed by atoms with E-state index in [2.05, 4.69) is 48.8 Å². The number of carboxylic acid groups (broad SMARTS) is 1. The molecule has 0 radical (unpaired) electrons. The highest BCUT2D eigenvalue weighted by molar-refractivity contribution is 9.10. The van der Waals surface area contributed by atoms with Crippen molar-refractivity contribution in [2.24, 2.45) is 5.92 Å². The molecule has 13 rings (SSSR count). The lowest BCUT2D eigenvalue weighted by Crippen LogP contribution is -2.53. The van der Waals surface area contributed by atoms with Gasteiger partial charge in [0.2, 0.25) is 11.4 Å². The Kier molecular flexibility index (Phi) is 34.3. The fraction of sp³-hybridized carbons (Fsp3) is 0.264. The van der Waals surface area contributed by atoms with Crippen LogP contribution in [0.3, 0.4) is 0 Å². The van der Waals surface area contributed by atoms with Gasteiger partial charge in [0.25, 0.3) is 35.4 Å². The Morgan fingerprint density at radius 1 is 0.760 bits per heavy atom. The van der Waals surface area contributed by atoms with Crippen LogP contribution in [0.4, 0.5) is 10.6 Å². The van der Waals surface area contributed by atoms with Gasteiger partial charge >= 0.3 is 24.0 Å². The van der Waals surface area contributed by atoms with Gasteiger partial charge in [0.1, 0.15) is 87.0 Å². The van der Waals surface area contributed by atoms with E-state index in [0.717, 1.165) is 46.0 Å². The number of piperidine rings is 1. The standard InChI is InChI=1S/C24H21ClN2O6.C21H15BrN2O5.C20H22N2O3.C15H15N3O3S.C11H17N2O3/c1-3-32-24(31)18-11-15(5-7-20(18)25)21-8-6-16(33-21)12-17-14(2)19(13-26)23(30)27(22(17)29)9-4-10-28;1-3-28-21(27)16-8-12(22)4-6-14(16)18-7-5-13(29-18)9-15-11(2)17(10-23)20(26)24-19(15)25;1-15-9-11-22(12-10-15)20(24)18(14-17-8-5-13-25-17)21-19(23)16-6-3-2-4-7-16;1-22-7-6-10(15(19)20)18-14-13-12(16-8-17-14)9-4-2-3-5-11(9)21-13;1-8-6-10(15-5)7-9(2)13(8)16-11(14)12(3)4/h5-8,11-12,28H,3-4,9-10H2,1-2H3;4-9H,3H2,1-2H3,(H,24,25,26);2-8,13-15H,9-12H2,1H3,(H,21,23);2-5,8,10H,6-7H2,1H3,(H,19,20)(H,16,17,18);6-7H,1-5H3/q;;;;+1/b17-12-;15-9-;18-14+;;. The monoisotopic (exact) mass is 1800 g/mol. The molecule has 6 aromatic heterocycles. The maximum Gasteiger partial charge on any atom is 0.477 e. The fourth-order valence-corrected chi connectivity index (χ4v) is 13.6. The number of aliphatic hydroxyl groups is 1. The average molecular weight is 1810 g/mol. The Labute approximate surface area is 736 Å². The summed E-state index contributed by atoms with van der Waals surface area (Å²) < 4.78 is 40.2. The number of aryl methyl sites for hydroxylation is 2. The Bertz CT molecular complexity index is 5920. The number of benzene rings is 4. The lowest BCUT2D eigenvalue weighted by molar-refractivity contribution is -0.877. The second kappa shape index (κ2) is 45.2. The van der Waals surface area contributed by atoms with Crippen molar-refractivity contribution in [1.29, 1.82) is 10.5 Å². The SMILES string of the molecule is CC1CCN(C(=O)/C(=C\c2ccco2)NC(=O)c2ccccc2)CC1.CCOC(=O)c1cc(-c2ccc(/C=C3\C(=O)N(CCCO)C(=O)C(C#N)=C3C)o2)ccc1Cl.CCOC(=O)c1cc(Br)ccc1-c1ccc(/C=C2\C(=O)NC(=O)C(C#N)=C2C)o1.COc1cc(C)[n+](OC(=O)N(C)C)c(C)c1.CSCCC(Nc1ncnc2c1oc1ccccc12)C(=O)O. The van der Waals surface area contributed by atoms with Crippen LogP contribution in [0.25, 0.3) is 62.9 Å². The van der Waals surface area contributed by atoms with Gasteiger partial charge in [-0.25, -0.2) is 29.1 Å². The second-order valence-corrected chi connectivity index (χ2v) is 30.4. The number of ether oxygens (including phenoxy) is 3. The number of carboxylic acids is 1. The number of nitrogens with zero attached hydrogens (tertiary/aromatic N) is 8. The number of carbonyl (C=O) groups excluding carboxylic acids is 9. The van der Waals surface area contributed by atoms with Crippen molar-refractivity contribution >= 4 is 145 Å². The van der Waals surface area contributed by atoms with E-state index in [1.54, 1.807) is 173 Å². The van der Waals surface area contributed by atoms with Crippen molar-refractivity contribution < 1.29 is 99.6 Å². The maximum atomic E-state index is 12.9. The first-order valence-electron chi connectivity index (χ1n) is 39.1.